The Morgan fingerprint density at radius 2 is 1.96 bits per heavy atom. The van der Waals surface area contributed by atoms with Gasteiger partial charge in [0.15, 0.2) is 0 Å². The number of aromatic amines is 1. The van der Waals surface area contributed by atoms with E-state index in [0.717, 1.165) is 18.5 Å². The number of aliphatic hydroxyl groups is 1. The van der Waals surface area contributed by atoms with E-state index in [-0.39, 0.29) is 29.6 Å². The van der Waals surface area contributed by atoms with Gasteiger partial charge in [0.05, 0.1) is 0 Å². The van der Waals surface area contributed by atoms with Crippen molar-refractivity contribution in [2.75, 3.05) is 5.75 Å². The summed E-state index contributed by atoms with van der Waals surface area (Å²) in [5, 5.41) is 12.7. The van der Waals surface area contributed by atoms with Crippen LogP contribution in [0.2, 0.25) is 0 Å². The van der Waals surface area contributed by atoms with E-state index in [1.54, 1.807) is 0 Å². The molecule has 0 fully saturated rings. The van der Waals surface area contributed by atoms with Crippen molar-refractivity contribution in [3.05, 3.63) is 47.5 Å². The number of alkyl halides is 4. The van der Waals surface area contributed by atoms with Gasteiger partial charge in [0, 0.05) is 23.8 Å². The Kier molecular flexibility index (Phi) is 6.22. The highest BCUT2D eigenvalue weighted by atomic mass is 32.2. The third kappa shape index (κ3) is 4.50. The lowest BCUT2D eigenvalue weighted by atomic mass is 9.80. The molecule has 1 aromatic carbocycles. The summed E-state index contributed by atoms with van der Waals surface area (Å²) >= 11 is -0.348. The molecule has 0 aliphatic carbocycles. The third-order valence-electron chi connectivity index (χ3n) is 3.89. The Morgan fingerprint density at radius 3 is 2.50 bits per heavy atom. The Balaban J connectivity index is 2.33. The van der Waals surface area contributed by atoms with Gasteiger partial charge < -0.3 is 5.11 Å². The normalized spacial score (nSPS) is 15.9. The number of nitrogens with zero attached hydrogens (tertiary/aromatic N) is 2. The molecule has 0 bridgehead atoms. The van der Waals surface area contributed by atoms with Crippen LogP contribution in [0.1, 0.15) is 18.3 Å². The van der Waals surface area contributed by atoms with Crippen molar-refractivity contribution < 1.29 is 31.4 Å². The smallest absolute Gasteiger partial charge is 0.353 e. The van der Waals surface area contributed by atoms with Gasteiger partial charge in [0.2, 0.25) is 0 Å². The Bertz CT molecular complexity index is 730. The van der Waals surface area contributed by atoms with Crippen molar-refractivity contribution in [1.82, 2.24) is 15.2 Å². The van der Waals surface area contributed by atoms with E-state index in [1.807, 2.05) is 0 Å². The van der Waals surface area contributed by atoms with Crippen LogP contribution in [0.5, 0.6) is 0 Å². The lowest BCUT2D eigenvalue weighted by molar-refractivity contribution is -0.0575. The summed E-state index contributed by atoms with van der Waals surface area (Å²) in [7, 11) is 0. The van der Waals surface area contributed by atoms with Gasteiger partial charge in [-0.1, -0.05) is 24.8 Å². The summed E-state index contributed by atoms with van der Waals surface area (Å²) in [5.41, 5.74) is -2.47. The van der Waals surface area contributed by atoms with Gasteiger partial charge in [-0.2, -0.15) is 13.9 Å². The maximum atomic E-state index is 14.2. The van der Waals surface area contributed by atoms with E-state index in [1.165, 1.54) is 6.92 Å². The van der Waals surface area contributed by atoms with Crippen LogP contribution in [0.15, 0.2) is 24.5 Å². The summed E-state index contributed by atoms with van der Waals surface area (Å²) in [6.45, 7) is 1.30. The van der Waals surface area contributed by atoms with E-state index < -0.39 is 40.6 Å². The minimum Gasteiger partial charge on any atom is -0.384 e. The van der Waals surface area contributed by atoms with Crippen LogP contribution in [0, 0.1) is 17.6 Å². The lowest BCUT2D eigenvalue weighted by Gasteiger charge is -2.35. The van der Waals surface area contributed by atoms with Gasteiger partial charge in [0.25, 0.3) is 0 Å². The quantitative estimate of drug-likeness (QED) is 0.664. The number of nitrogens with one attached hydrogen (secondary N) is 1. The predicted molar refractivity (Wildman–Crippen MR) is 82.9 cm³/mol. The zero-order valence-corrected chi connectivity index (χ0v) is 14.2. The zero-order chi connectivity index (χ0) is 19.5. The zero-order valence-electron chi connectivity index (χ0n) is 13.4. The molecule has 0 saturated carbocycles. The van der Waals surface area contributed by atoms with Gasteiger partial charge >= 0.3 is 11.7 Å². The molecule has 2 aromatic rings. The third-order valence-corrected chi connectivity index (χ3v) is 5.12. The van der Waals surface area contributed by atoms with Crippen molar-refractivity contribution in [2.24, 2.45) is 5.92 Å². The monoisotopic (exact) mass is 399 g/mol. The first-order chi connectivity index (χ1) is 12.1. The SMILES string of the molecule is CC(CSC(F)(F)C(F)F)C(O)(Cc1ncn[nH]1)c1ccc(F)cc1F. The molecule has 2 N–H and O–H groups in total. The number of benzene rings is 1. The second-order valence-electron chi connectivity index (χ2n) is 5.73. The van der Waals surface area contributed by atoms with Crippen LogP contribution in [0.4, 0.5) is 26.3 Å². The van der Waals surface area contributed by atoms with E-state index in [4.69, 9.17) is 0 Å². The lowest BCUT2D eigenvalue weighted by Crippen LogP contribution is -2.39. The maximum Gasteiger partial charge on any atom is 0.353 e. The van der Waals surface area contributed by atoms with E-state index in [0.29, 0.717) is 6.07 Å². The molecule has 1 heterocycles. The molecule has 26 heavy (non-hydrogen) atoms. The van der Waals surface area contributed by atoms with Gasteiger partial charge in [0.1, 0.15) is 29.4 Å². The summed E-state index contributed by atoms with van der Waals surface area (Å²) < 4.78 is 78.4. The fourth-order valence-electron chi connectivity index (χ4n) is 2.38. The summed E-state index contributed by atoms with van der Waals surface area (Å²) in [4.78, 5) is 3.80. The highest BCUT2D eigenvalue weighted by Crippen LogP contribution is 2.41. The van der Waals surface area contributed by atoms with Crippen LogP contribution in [0.25, 0.3) is 0 Å². The predicted octanol–water partition coefficient (Wildman–Crippen LogP) is 3.74. The maximum absolute atomic E-state index is 14.2. The van der Waals surface area contributed by atoms with Crippen molar-refractivity contribution in [3.8, 4) is 0 Å². The Morgan fingerprint density at radius 1 is 1.27 bits per heavy atom. The molecular formula is C15H15F6N3OS. The molecule has 2 rings (SSSR count). The molecule has 0 saturated heterocycles. The number of rotatable bonds is 8. The minimum absolute atomic E-state index is 0.119. The van der Waals surface area contributed by atoms with Crippen molar-refractivity contribution in [2.45, 2.75) is 30.6 Å². The number of aromatic nitrogens is 3. The number of halogens is 6. The van der Waals surface area contributed by atoms with Gasteiger partial charge in [-0.3, -0.25) is 5.10 Å². The average Bonchev–Trinajstić information content (AvgIpc) is 3.04. The molecule has 0 amide bonds. The number of hydrogen-bond donors (Lipinski definition) is 2. The van der Waals surface area contributed by atoms with E-state index in [9.17, 15) is 31.4 Å². The first kappa shape index (κ1) is 20.6. The molecule has 11 heteroatoms. The van der Waals surface area contributed by atoms with Crippen molar-refractivity contribution >= 4 is 11.8 Å². The first-order valence-electron chi connectivity index (χ1n) is 7.38. The van der Waals surface area contributed by atoms with Gasteiger partial charge in [-0.25, -0.2) is 22.5 Å². The number of H-pyrrole nitrogens is 1. The molecule has 2 atom stereocenters. The van der Waals surface area contributed by atoms with Gasteiger partial charge in [-0.05, 0) is 12.0 Å². The summed E-state index contributed by atoms with van der Waals surface area (Å²) in [6, 6.07) is 2.42. The summed E-state index contributed by atoms with van der Waals surface area (Å²) in [6.07, 6.45) is -3.12. The van der Waals surface area contributed by atoms with Crippen molar-refractivity contribution in [1.29, 1.82) is 0 Å². The van der Waals surface area contributed by atoms with Crippen LogP contribution >= 0.6 is 11.8 Å². The molecule has 144 valence electrons. The molecule has 0 aliphatic rings. The molecule has 0 radical (unpaired) electrons. The van der Waals surface area contributed by atoms with Crippen LogP contribution in [-0.2, 0) is 12.0 Å². The first-order valence-corrected chi connectivity index (χ1v) is 8.37. The highest BCUT2D eigenvalue weighted by Gasteiger charge is 2.45. The number of thioether (sulfide) groups is 1. The fourth-order valence-corrected chi connectivity index (χ4v) is 3.26. The van der Waals surface area contributed by atoms with Gasteiger partial charge in [-0.15, -0.1) is 0 Å². The Hall–Kier alpha value is -1.75. The van der Waals surface area contributed by atoms with E-state index in [2.05, 4.69) is 15.2 Å². The second kappa shape index (κ2) is 7.87. The van der Waals surface area contributed by atoms with Crippen LogP contribution in [-0.4, -0.2) is 37.7 Å². The fraction of sp³-hybridized carbons (Fsp3) is 0.467. The van der Waals surface area contributed by atoms with Crippen LogP contribution < -0.4 is 0 Å². The second-order valence-corrected chi connectivity index (χ2v) is 6.90. The molecule has 0 aliphatic heterocycles. The Labute approximate surface area is 149 Å². The molecule has 4 nitrogen and oxygen atoms in total. The van der Waals surface area contributed by atoms with Crippen LogP contribution in [0.3, 0.4) is 0 Å². The average molecular weight is 399 g/mol. The van der Waals surface area contributed by atoms with E-state index >= 15 is 0 Å². The molecular weight excluding hydrogens is 384 g/mol. The largest absolute Gasteiger partial charge is 0.384 e. The molecule has 1 aromatic heterocycles. The minimum atomic E-state index is -4.32. The topological polar surface area (TPSA) is 61.8 Å². The van der Waals surface area contributed by atoms with Crippen molar-refractivity contribution in [3.63, 3.8) is 0 Å². The molecule has 0 spiro atoms. The molecule has 2 unspecified atom stereocenters. The standard InChI is InChI=1S/C15H15F6N3OS/c1-8(6-26-15(20,21)13(18)19)14(25,5-12-22-7-23-24-12)10-3-2-9(16)4-11(10)17/h2-4,7-8,13,25H,5-6H2,1H3,(H,22,23,24). The number of hydrogen-bond acceptors (Lipinski definition) is 4. The summed E-state index contributed by atoms with van der Waals surface area (Å²) in [5.74, 6) is -3.58. The highest BCUT2D eigenvalue weighted by molar-refractivity contribution is 8.00.